The Balaban J connectivity index is 2.47. The van der Waals surface area contributed by atoms with E-state index in [0.717, 1.165) is 0 Å². The lowest BCUT2D eigenvalue weighted by atomic mass is 10.0. The van der Waals surface area contributed by atoms with Crippen molar-refractivity contribution in [1.82, 2.24) is 15.6 Å². The topological polar surface area (TPSA) is 125 Å². The van der Waals surface area contributed by atoms with Crippen molar-refractivity contribution < 1.29 is 36.3 Å². The second kappa shape index (κ2) is 7.80. The summed E-state index contributed by atoms with van der Waals surface area (Å²) in [5, 5.41) is 9.13. The van der Waals surface area contributed by atoms with Gasteiger partial charge in [0.25, 0.3) is 5.91 Å². The van der Waals surface area contributed by atoms with Gasteiger partial charge in [-0.25, -0.2) is 13.1 Å². The van der Waals surface area contributed by atoms with Crippen molar-refractivity contribution in [2.45, 2.75) is 30.0 Å². The van der Waals surface area contributed by atoms with Gasteiger partial charge in [0.1, 0.15) is 0 Å². The highest BCUT2D eigenvalue weighted by Gasteiger charge is 2.51. The van der Waals surface area contributed by atoms with Gasteiger partial charge in [0, 0.05) is 0 Å². The summed E-state index contributed by atoms with van der Waals surface area (Å²) in [6.07, 6.45) is -6.37. The molecule has 12 heteroatoms. The van der Waals surface area contributed by atoms with Crippen molar-refractivity contribution in [3.63, 3.8) is 0 Å². The number of amides is 2. The summed E-state index contributed by atoms with van der Waals surface area (Å²) in [4.78, 5) is 22.7. The molecule has 2 amide bonds. The van der Waals surface area contributed by atoms with Crippen LogP contribution < -0.4 is 15.6 Å². The second-order valence-corrected chi connectivity index (χ2v) is 6.95. The first-order valence-corrected chi connectivity index (χ1v) is 8.25. The summed E-state index contributed by atoms with van der Waals surface area (Å²) < 4.78 is 62.9. The van der Waals surface area contributed by atoms with Crippen LogP contribution >= 0.6 is 0 Å². The minimum Gasteiger partial charge on any atom is -0.380 e. The van der Waals surface area contributed by atoms with E-state index in [-0.39, 0.29) is 4.90 Å². The molecule has 1 aromatic carbocycles. The molecule has 0 saturated carbocycles. The van der Waals surface area contributed by atoms with E-state index in [9.17, 15) is 31.2 Å². The minimum atomic E-state index is -5.03. The summed E-state index contributed by atoms with van der Waals surface area (Å²) in [5.41, 5.74) is 0.123. The molecule has 1 rings (SSSR count). The van der Waals surface area contributed by atoms with Crippen LogP contribution in [0.4, 0.5) is 13.2 Å². The number of hydrazine groups is 1. The van der Waals surface area contributed by atoms with Gasteiger partial charge in [0.15, 0.2) is 5.60 Å². The first-order valence-electron chi connectivity index (χ1n) is 6.77. The zero-order valence-electron chi connectivity index (χ0n) is 12.9. The van der Waals surface area contributed by atoms with Crippen molar-refractivity contribution in [3.8, 4) is 0 Å². The van der Waals surface area contributed by atoms with Crippen LogP contribution in [0.2, 0.25) is 0 Å². The SMILES string of the molecule is C[C@@](O)(CC(=O)NNC(=O)CNS(=O)(=O)c1ccccc1)C(F)(F)F. The standard InChI is InChI=1S/C13H16F3N3O5S/c1-12(22,13(14,15)16)7-10(20)18-19-11(21)8-17-25(23,24)9-5-3-2-4-6-9/h2-6,17,22H,7-8H2,1H3,(H,18,20)(H,19,21)/t12-/m1/s1. The van der Waals surface area contributed by atoms with Crippen LogP contribution in [-0.4, -0.2) is 43.7 Å². The van der Waals surface area contributed by atoms with Crippen LogP contribution in [0, 0.1) is 0 Å². The molecular weight excluding hydrogens is 367 g/mol. The number of halogens is 3. The lowest BCUT2D eigenvalue weighted by Crippen LogP contribution is -2.51. The number of nitrogens with one attached hydrogen (secondary N) is 3. The van der Waals surface area contributed by atoms with Gasteiger partial charge in [-0.1, -0.05) is 18.2 Å². The molecule has 1 atom stereocenters. The number of aliphatic hydroxyl groups is 1. The Kier molecular flexibility index (Phi) is 6.51. The van der Waals surface area contributed by atoms with E-state index < -0.39 is 46.6 Å². The maximum Gasteiger partial charge on any atom is 0.417 e. The molecule has 4 N–H and O–H groups in total. The normalized spacial score (nSPS) is 14.4. The predicted octanol–water partition coefficient (Wildman–Crippen LogP) is -0.184. The number of benzene rings is 1. The Morgan fingerprint density at radius 2 is 1.60 bits per heavy atom. The fraction of sp³-hybridized carbons (Fsp3) is 0.385. The average Bonchev–Trinajstić information content (AvgIpc) is 2.50. The summed E-state index contributed by atoms with van der Waals surface area (Å²) in [5.74, 6) is -2.32. The Labute approximate surface area is 141 Å². The van der Waals surface area contributed by atoms with Crippen molar-refractivity contribution >= 4 is 21.8 Å². The Morgan fingerprint density at radius 3 is 2.12 bits per heavy atom. The number of hydrogen-bond donors (Lipinski definition) is 4. The molecule has 0 bridgehead atoms. The Bertz CT molecular complexity index is 720. The van der Waals surface area contributed by atoms with Crippen molar-refractivity contribution in [2.24, 2.45) is 0 Å². The summed E-state index contributed by atoms with van der Waals surface area (Å²) in [6.45, 7) is -0.352. The van der Waals surface area contributed by atoms with E-state index in [0.29, 0.717) is 6.92 Å². The molecule has 140 valence electrons. The number of carbonyl (C=O) groups excluding carboxylic acids is 2. The van der Waals surface area contributed by atoms with E-state index in [4.69, 9.17) is 5.11 Å². The van der Waals surface area contributed by atoms with Crippen molar-refractivity contribution in [1.29, 1.82) is 0 Å². The van der Waals surface area contributed by atoms with E-state index in [1.165, 1.54) is 24.3 Å². The Morgan fingerprint density at radius 1 is 1.08 bits per heavy atom. The summed E-state index contributed by atoms with van der Waals surface area (Å²) in [6, 6.07) is 7.13. The second-order valence-electron chi connectivity index (χ2n) is 5.18. The van der Waals surface area contributed by atoms with Crippen LogP contribution in [0.25, 0.3) is 0 Å². The van der Waals surface area contributed by atoms with Gasteiger partial charge in [0.2, 0.25) is 15.9 Å². The highest BCUT2D eigenvalue weighted by molar-refractivity contribution is 7.89. The third-order valence-corrected chi connectivity index (χ3v) is 4.35. The quantitative estimate of drug-likeness (QED) is 0.507. The van der Waals surface area contributed by atoms with Gasteiger partial charge in [-0.3, -0.25) is 20.4 Å². The maximum atomic E-state index is 12.4. The van der Waals surface area contributed by atoms with Crippen LogP contribution in [0.3, 0.4) is 0 Å². The van der Waals surface area contributed by atoms with Gasteiger partial charge in [-0.2, -0.15) is 13.2 Å². The molecule has 0 fully saturated rings. The Hall–Kier alpha value is -2.18. The van der Waals surface area contributed by atoms with E-state index in [2.05, 4.69) is 0 Å². The number of alkyl halides is 3. The van der Waals surface area contributed by atoms with Crippen LogP contribution in [-0.2, 0) is 19.6 Å². The third-order valence-electron chi connectivity index (χ3n) is 2.93. The molecule has 0 aliphatic carbocycles. The third kappa shape index (κ3) is 6.32. The lowest BCUT2D eigenvalue weighted by Gasteiger charge is -2.25. The minimum absolute atomic E-state index is 0.0898. The van der Waals surface area contributed by atoms with Crippen molar-refractivity contribution in [3.05, 3.63) is 30.3 Å². The molecule has 0 saturated heterocycles. The number of carbonyl (C=O) groups is 2. The first kappa shape index (κ1) is 20.9. The lowest BCUT2D eigenvalue weighted by molar-refractivity contribution is -0.253. The first-order chi connectivity index (χ1) is 11.3. The van der Waals surface area contributed by atoms with E-state index in [1.54, 1.807) is 16.9 Å². The van der Waals surface area contributed by atoms with Crippen LogP contribution in [0.5, 0.6) is 0 Å². The van der Waals surface area contributed by atoms with Gasteiger partial charge in [-0.15, -0.1) is 0 Å². The van der Waals surface area contributed by atoms with Gasteiger partial charge in [-0.05, 0) is 19.1 Å². The molecule has 0 spiro atoms. The van der Waals surface area contributed by atoms with Crippen LogP contribution in [0.15, 0.2) is 35.2 Å². The molecule has 0 heterocycles. The highest BCUT2D eigenvalue weighted by atomic mass is 32.2. The summed E-state index contributed by atoms with van der Waals surface area (Å²) in [7, 11) is -3.95. The number of hydrogen-bond acceptors (Lipinski definition) is 5. The number of rotatable bonds is 6. The fourth-order valence-corrected chi connectivity index (χ4v) is 2.49. The molecule has 0 aliphatic rings. The number of sulfonamides is 1. The molecule has 0 aromatic heterocycles. The molecule has 25 heavy (non-hydrogen) atoms. The molecular formula is C13H16F3N3O5S. The predicted molar refractivity (Wildman–Crippen MR) is 79.2 cm³/mol. The van der Waals surface area contributed by atoms with Crippen LogP contribution in [0.1, 0.15) is 13.3 Å². The maximum absolute atomic E-state index is 12.4. The van der Waals surface area contributed by atoms with Gasteiger partial charge < -0.3 is 5.11 Å². The molecule has 1 aromatic rings. The van der Waals surface area contributed by atoms with E-state index in [1.807, 2.05) is 4.72 Å². The van der Waals surface area contributed by atoms with Crippen molar-refractivity contribution in [2.75, 3.05) is 6.54 Å². The molecule has 8 nitrogen and oxygen atoms in total. The zero-order chi connectivity index (χ0) is 19.3. The molecule has 0 aliphatic heterocycles. The van der Waals surface area contributed by atoms with Gasteiger partial charge >= 0.3 is 6.18 Å². The monoisotopic (exact) mass is 383 g/mol. The largest absolute Gasteiger partial charge is 0.417 e. The van der Waals surface area contributed by atoms with Gasteiger partial charge in [0.05, 0.1) is 17.9 Å². The molecule has 0 unspecified atom stereocenters. The zero-order valence-corrected chi connectivity index (χ0v) is 13.7. The fourth-order valence-electron chi connectivity index (χ4n) is 1.48. The molecule has 0 radical (unpaired) electrons. The summed E-state index contributed by atoms with van der Waals surface area (Å²) >= 11 is 0. The smallest absolute Gasteiger partial charge is 0.380 e. The average molecular weight is 383 g/mol. The van der Waals surface area contributed by atoms with E-state index >= 15 is 0 Å². The highest BCUT2D eigenvalue weighted by Crippen LogP contribution is 2.32.